The summed E-state index contributed by atoms with van der Waals surface area (Å²) in [5, 5.41) is 3.56. The molecule has 4 aromatic rings. The van der Waals surface area contributed by atoms with Crippen LogP contribution < -0.4 is 10.9 Å². The van der Waals surface area contributed by atoms with Crippen molar-refractivity contribution in [2.75, 3.05) is 0 Å². The molecular formula is C23H25N5O2. The Hall–Kier alpha value is -3.48. The molecule has 30 heavy (non-hydrogen) atoms. The molecule has 0 bridgehead atoms. The number of amides is 1. The lowest BCUT2D eigenvalue weighted by Crippen LogP contribution is -2.35. The Kier molecular flexibility index (Phi) is 5.35. The molecule has 0 saturated carbocycles. The molecular weight excluding hydrogens is 378 g/mol. The first-order valence-corrected chi connectivity index (χ1v) is 10.1. The topological polar surface area (TPSA) is 92.7 Å². The molecule has 0 aliphatic rings. The Morgan fingerprint density at radius 1 is 1.17 bits per heavy atom. The standard InChI is InChI=1S/C23H25N5O2/c1-14(2)11-19(22-26-17-9-4-5-10-18(17)27-22)25-20(29)12-28-13-24-21-15(3)7-6-8-16(21)23(28)30/h4-10,13-14,19H,11-12H2,1-3H3,(H,25,29)(H,26,27). The van der Waals surface area contributed by atoms with E-state index < -0.39 is 0 Å². The van der Waals surface area contributed by atoms with Crippen molar-refractivity contribution in [2.45, 2.75) is 39.8 Å². The molecule has 7 nitrogen and oxygen atoms in total. The zero-order chi connectivity index (χ0) is 21.3. The van der Waals surface area contributed by atoms with Crippen LogP contribution in [0.5, 0.6) is 0 Å². The van der Waals surface area contributed by atoms with Gasteiger partial charge in [-0.3, -0.25) is 14.2 Å². The minimum Gasteiger partial charge on any atom is -0.345 e. The highest BCUT2D eigenvalue weighted by molar-refractivity contribution is 5.81. The fourth-order valence-electron chi connectivity index (χ4n) is 3.69. The number of imidazole rings is 1. The summed E-state index contributed by atoms with van der Waals surface area (Å²) in [6, 6.07) is 13.0. The van der Waals surface area contributed by atoms with E-state index >= 15 is 0 Å². The summed E-state index contributed by atoms with van der Waals surface area (Å²) in [5.74, 6) is 0.825. The molecule has 0 aliphatic heterocycles. The zero-order valence-electron chi connectivity index (χ0n) is 17.3. The summed E-state index contributed by atoms with van der Waals surface area (Å²) in [4.78, 5) is 37.9. The zero-order valence-corrected chi connectivity index (χ0v) is 17.3. The lowest BCUT2D eigenvalue weighted by Gasteiger charge is -2.19. The number of rotatable bonds is 6. The second-order valence-corrected chi connectivity index (χ2v) is 8.04. The van der Waals surface area contributed by atoms with E-state index in [-0.39, 0.29) is 24.1 Å². The normalized spacial score (nSPS) is 12.5. The number of carbonyl (C=O) groups excluding carboxylic acids is 1. The molecule has 154 valence electrons. The molecule has 1 amide bonds. The van der Waals surface area contributed by atoms with E-state index in [1.807, 2.05) is 43.3 Å². The van der Waals surface area contributed by atoms with Crippen molar-refractivity contribution in [1.29, 1.82) is 0 Å². The van der Waals surface area contributed by atoms with Gasteiger partial charge < -0.3 is 10.3 Å². The van der Waals surface area contributed by atoms with Crippen molar-refractivity contribution in [1.82, 2.24) is 24.8 Å². The van der Waals surface area contributed by atoms with Crippen LogP contribution in [0.2, 0.25) is 0 Å². The van der Waals surface area contributed by atoms with Crippen molar-refractivity contribution in [3.63, 3.8) is 0 Å². The average Bonchev–Trinajstić information content (AvgIpc) is 3.14. The monoisotopic (exact) mass is 403 g/mol. The number of hydrogen-bond donors (Lipinski definition) is 2. The van der Waals surface area contributed by atoms with E-state index in [0.29, 0.717) is 16.8 Å². The SMILES string of the molecule is Cc1cccc2c(=O)n(CC(=O)NC(CC(C)C)c3nc4ccccc4[nH]3)cnc12. The van der Waals surface area contributed by atoms with Crippen molar-refractivity contribution >= 4 is 27.8 Å². The van der Waals surface area contributed by atoms with Gasteiger partial charge in [-0.2, -0.15) is 0 Å². The fraction of sp³-hybridized carbons (Fsp3) is 0.304. The van der Waals surface area contributed by atoms with Crippen LogP contribution in [0.3, 0.4) is 0 Å². The third-order valence-corrected chi connectivity index (χ3v) is 5.15. The molecule has 1 unspecified atom stereocenters. The van der Waals surface area contributed by atoms with Crippen LogP contribution in [0, 0.1) is 12.8 Å². The van der Waals surface area contributed by atoms with Gasteiger partial charge in [0.15, 0.2) is 0 Å². The van der Waals surface area contributed by atoms with Crippen molar-refractivity contribution in [3.05, 3.63) is 70.5 Å². The van der Waals surface area contributed by atoms with Gasteiger partial charge in [0, 0.05) is 0 Å². The van der Waals surface area contributed by atoms with Gasteiger partial charge >= 0.3 is 0 Å². The summed E-state index contributed by atoms with van der Waals surface area (Å²) < 4.78 is 1.35. The molecule has 2 heterocycles. The van der Waals surface area contributed by atoms with Gasteiger partial charge in [-0.1, -0.05) is 38.1 Å². The van der Waals surface area contributed by atoms with Crippen molar-refractivity contribution in [3.8, 4) is 0 Å². The van der Waals surface area contributed by atoms with Gasteiger partial charge in [-0.25, -0.2) is 9.97 Å². The minimum atomic E-state index is -0.267. The highest BCUT2D eigenvalue weighted by atomic mass is 16.2. The van der Waals surface area contributed by atoms with Crippen LogP contribution in [0.25, 0.3) is 21.9 Å². The first-order valence-electron chi connectivity index (χ1n) is 10.1. The van der Waals surface area contributed by atoms with Crippen molar-refractivity contribution < 1.29 is 4.79 Å². The number of fused-ring (bicyclic) bond motifs is 2. The number of aryl methyl sites for hydroxylation is 1. The van der Waals surface area contributed by atoms with Gasteiger partial charge in [0.2, 0.25) is 5.91 Å². The number of H-pyrrole nitrogens is 1. The van der Waals surface area contributed by atoms with Crippen LogP contribution in [-0.4, -0.2) is 25.4 Å². The Morgan fingerprint density at radius 3 is 2.73 bits per heavy atom. The predicted molar refractivity (Wildman–Crippen MR) is 117 cm³/mol. The summed E-state index contributed by atoms with van der Waals surface area (Å²) >= 11 is 0. The van der Waals surface area contributed by atoms with Gasteiger partial charge in [0.05, 0.1) is 34.3 Å². The molecule has 7 heteroatoms. The van der Waals surface area contributed by atoms with Gasteiger partial charge in [-0.05, 0) is 43.0 Å². The molecule has 2 N–H and O–H groups in total. The molecule has 4 rings (SSSR count). The number of nitrogens with zero attached hydrogens (tertiary/aromatic N) is 3. The highest BCUT2D eigenvalue weighted by Gasteiger charge is 2.20. The smallest absolute Gasteiger partial charge is 0.261 e. The lowest BCUT2D eigenvalue weighted by atomic mass is 10.0. The average molecular weight is 403 g/mol. The Morgan fingerprint density at radius 2 is 1.97 bits per heavy atom. The quantitative estimate of drug-likeness (QED) is 0.515. The largest absolute Gasteiger partial charge is 0.345 e. The summed E-state index contributed by atoms with van der Waals surface area (Å²) in [7, 11) is 0. The van der Waals surface area contributed by atoms with Crippen LogP contribution >= 0.6 is 0 Å². The molecule has 2 aromatic heterocycles. The van der Waals surface area contributed by atoms with E-state index in [4.69, 9.17) is 0 Å². The fourth-order valence-corrected chi connectivity index (χ4v) is 3.69. The minimum absolute atomic E-state index is 0.0927. The van der Waals surface area contributed by atoms with E-state index in [9.17, 15) is 9.59 Å². The number of nitrogens with one attached hydrogen (secondary N) is 2. The predicted octanol–water partition coefficient (Wildman–Crippen LogP) is 3.48. The number of aromatic amines is 1. The second-order valence-electron chi connectivity index (χ2n) is 8.04. The first-order chi connectivity index (χ1) is 14.4. The van der Waals surface area contributed by atoms with Gasteiger partial charge in [0.25, 0.3) is 5.56 Å². The van der Waals surface area contributed by atoms with Crippen LogP contribution in [0.15, 0.2) is 53.6 Å². The molecule has 0 fully saturated rings. The van der Waals surface area contributed by atoms with E-state index in [1.165, 1.54) is 10.9 Å². The maximum Gasteiger partial charge on any atom is 0.261 e. The molecule has 0 aliphatic carbocycles. The van der Waals surface area contributed by atoms with Gasteiger partial charge in [0.1, 0.15) is 12.4 Å². The molecule has 0 saturated heterocycles. The lowest BCUT2D eigenvalue weighted by molar-refractivity contribution is -0.122. The van der Waals surface area contributed by atoms with Gasteiger partial charge in [-0.15, -0.1) is 0 Å². The van der Waals surface area contributed by atoms with E-state index in [2.05, 4.69) is 34.1 Å². The highest BCUT2D eigenvalue weighted by Crippen LogP contribution is 2.22. The van der Waals surface area contributed by atoms with Crippen molar-refractivity contribution in [2.24, 2.45) is 5.92 Å². The summed E-state index contributed by atoms with van der Waals surface area (Å²) in [6.07, 6.45) is 2.17. The number of benzene rings is 2. The number of carbonyl (C=O) groups is 1. The summed E-state index contributed by atoms with van der Waals surface area (Å²) in [6.45, 7) is 6.02. The first kappa shape index (κ1) is 19.8. The second kappa shape index (κ2) is 8.10. The maximum atomic E-state index is 12.8. The number of para-hydroxylation sites is 3. The third-order valence-electron chi connectivity index (χ3n) is 5.15. The van der Waals surface area contributed by atoms with Crippen LogP contribution in [0.1, 0.15) is 37.7 Å². The van der Waals surface area contributed by atoms with E-state index in [0.717, 1.165) is 28.8 Å². The third kappa shape index (κ3) is 3.96. The Labute approximate surface area is 174 Å². The maximum absolute atomic E-state index is 12.8. The summed E-state index contributed by atoms with van der Waals surface area (Å²) in [5.41, 5.74) is 3.17. The van der Waals surface area contributed by atoms with E-state index in [1.54, 1.807) is 6.07 Å². The Bertz CT molecular complexity index is 1240. The molecule has 1 atom stereocenters. The molecule has 2 aromatic carbocycles. The molecule has 0 spiro atoms. The molecule has 0 radical (unpaired) electrons. The number of hydrogen-bond acceptors (Lipinski definition) is 4. The van der Waals surface area contributed by atoms with Crippen LogP contribution in [0.4, 0.5) is 0 Å². The van der Waals surface area contributed by atoms with Crippen LogP contribution in [-0.2, 0) is 11.3 Å². The number of aromatic nitrogens is 4. The Balaban J connectivity index is 1.58.